The van der Waals surface area contributed by atoms with Crippen molar-refractivity contribution in [2.75, 3.05) is 0 Å². The van der Waals surface area contributed by atoms with E-state index in [0.717, 1.165) is 11.1 Å². The fourth-order valence-electron chi connectivity index (χ4n) is 2.65. The highest BCUT2D eigenvalue weighted by molar-refractivity contribution is 6.11. The Morgan fingerprint density at radius 2 is 1.71 bits per heavy atom. The monoisotopic (exact) mass is 328 g/mol. The summed E-state index contributed by atoms with van der Waals surface area (Å²) < 4.78 is 0. The van der Waals surface area contributed by atoms with E-state index in [9.17, 15) is 25.0 Å². The first-order valence-corrected chi connectivity index (χ1v) is 7.23. The molecule has 0 aliphatic heterocycles. The van der Waals surface area contributed by atoms with E-state index in [0.29, 0.717) is 11.1 Å². The average Bonchev–Trinajstić information content (AvgIpc) is 2.52. The molecule has 0 bridgehead atoms. The van der Waals surface area contributed by atoms with Crippen LogP contribution in [0.25, 0.3) is 0 Å². The second kappa shape index (κ2) is 6.57. The van der Waals surface area contributed by atoms with E-state index in [1.54, 1.807) is 13.0 Å². The summed E-state index contributed by atoms with van der Waals surface area (Å²) in [4.78, 5) is 33.6. The van der Waals surface area contributed by atoms with Gasteiger partial charge in [0.05, 0.1) is 4.92 Å². The van der Waals surface area contributed by atoms with E-state index in [4.69, 9.17) is 0 Å². The molecular weight excluding hydrogens is 312 g/mol. The smallest absolute Gasteiger partial charge is 0.270 e. The Morgan fingerprint density at radius 1 is 1.04 bits per heavy atom. The minimum atomic E-state index is -0.581. The number of hydrogen-bond donors (Lipinski definition) is 0. The zero-order chi connectivity index (χ0) is 18.0. The van der Waals surface area contributed by atoms with Gasteiger partial charge in [0.25, 0.3) is 5.69 Å². The molecule has 0 amide bonds. The van der Waals surface area contributed by atoms with E-state index in [2.05, 4.69) is 0 Å². The van der Waals surface area contributed by atoms with Crippen LogP contribution in [-0.2, 0) is 6.54 Å². The van der Waals surface area contributed by atoms with Crippen LogP contribution in [0.2, 0.25) is 0 Å². The number of benzene rings is 2. The number of aryl methyl sites for hydroxylation is 1. The third-order valence-electron chi connectivity index (χ3n) is 4.09. The highest BCUT2D eigenvalue weighted by atomic mass is 16.6. The summed E-state index contributed by atoms with van der Waals surface area (Å²) in [5.41, 5.74) is 2.89. The molecule has 0 unspecified atom stereocenters. The van der Waals surface area contributed by atoms with Crippen LogP contribution < -0.4 is 0 Å². The lowest BCUT2D eigenvalue weighted by molar-refractivity contribution is -0.496. The summed E-state index contributed by atoms with van der Waals surface area (Å²) in [6.45, 7) is 4.92. The Bertz CT molecular complexity index is 858. The Morgan fingerprint density at radius 3 is 2.29 bits per heavy atom. The third kappa shape index (κ3) is 3.29. The third-order valence-corrected chi connectivity index (χ3v) is 4.09. The summed E-state index contributed by atoms with van der Waals surface area (Å²) in [5.74, 6) is -0.448. The van der Waals surface area contributed by atoms with Crippen LogP contribution in [-0.4, -0.2) is 15.6 Å². The van der Waals surface area contributed by atoms with Gasteiger partial charge in [-0.05, 0) is 43.5 Å². The van der Waals surface area contributed by atoms with Gasteiger partial charge >= 0.3 is 0 Å². The molecule has 0 spiro atoms. The molecule has 24 heavy (non-hydrogen) atoms. The standard InChI is InChI=1S/C17H16N2O5/c1-10-7-14(9-18(21)22)16(12(3)11(10)2)17(20)13-5-4-6-15(8-13)19(23)24/h4-8H,9H2,1-3H3. The second-order valence-corrected chi connectivity index (χ2v) is 5.60. The lowest BCUT2D eigenvalue weighted by Crippen LogP contribution is -2.13. The molecule has 0 N–H and O–H groups in total. The van der Waals surface area contributed by atoms with Crippen LogP contribution in [0.3, 0.4) is 0 Å². The Labute approximate surface area is 138 Å². The van der Waals surface area contributed by atoms with Crippen molar-refractivity contribution in [2.24, 2.45) is 0 Å². The molecule has 0 heterocycles. The topological polar surface area (TPSA) is 103 Å². The number of nitro benzene ring substituents is 1. The fraction of sp³-hybridized carbons (Fsp3) is 0.235. The molecule has 0 aliphatic rings. The number of carbonyl (C=O) groups excluding carboxylic acids is 1. The van der Waals surface area contributed by atoms with Crippen molar-refractivity contribution in [3.8, 4) is 0 Å². The zero-order valence-corrected chi connectivity index (χ0v) is 13.5. The first-order chi connectivity index (χ1) is 11.2. The van der Waals surface area contributed by atoms with Crippen LogP contribution in [0.1, 0.15) is 38.2 Å². The summed E-state index contributed by atoms with van der Waals surface area (Å²) in [6.07, 6.45) is 0. The molecule has 124 valence electrons. The summed E-state index contributed by atoms with van der Waals surface area (Å²) in [6, 6.07) is 7.01. The van der Waals surface area contributed by atoms with Gasteiger partial charge in [-0.25, -0.2) is 0 Å². The van der Waals surface area contributed by atoms with Gasteiger partial charge in [0.15, 0.2) is 5.78 Å². The van der Waals surface area contributed by atoms with Crippen molar-refractivity contribution in [2.45, 2.75) is 27.3 Å². The van der Waals surface area contributed by atoms with Gasteiger partial charge < -0.3 is 0 Å². The van der Waals surface area contributed by atoms with Gasteiger partial charge in [-0.2, -0.15) is 0 Å². The normalized spacial score (nSPS) is 10.5. The number of nitrogens with zero attached hydrogens (tertiary/aromatic N) is 2. The molecule has 2 aromatic carbocycles. The number of rotatable bonds is 5. The zero-order valence-electron chi connectivity index (χ0n) is 13.5. The molecule has 0 aromatic heterocycles. The molecule has 0 fully saturated rings. The number of ketones is 1. The molecule has 0 saturated carbocycles. The van der Waals surface area contributed by atoms with E-state index < -0.39 is 22.2 Å². The van der Waals surface area contributed by atoms with Crippen LogP contribution in [0.15, 0.2) is 30.3 Å². The molecular formula is C17H16N2O5. The van der Waals surface area contributed by atoms with E-state index in [1.165, 1.54) is 24.3 Å². The van der Waals surface area contributed by atoms with Crippen LogP contribution in [0.4, 0.5) is 5.69 Å². The SMILES string of the molecule is Cc1cc(C[N+](=O)[O-])c(C(=O)c2cccc([N+](=O)[O-])c2)c(C)c1C. The van der Waals surface area contributed by atoms with Gasteiger partial charge in [-0.15, -0.1) is 0 Å². The van der Waals surface area contributed by atoms with Crippen LogP contribution in [0, 0.1) is 41.0 Å². The number of hydrogen-bond acceptors (Lipinski definition) is 5. The van der Waals surface area contributed by atoms with Gasteiger partial charge in [-0.3, -0.25) is 25.0 Å². The number of nitro groups is 2. The second-order valence-electron chi connectivity index (χ2n) is 5.60. The largest absolute Gasteiger partial charge is 0.289 e. The highest BCUT2D eigenvalue weighted by Gasteiger charge is 2.22. The molecule has 0 saturated heterocycles. The van der Waals surface area contributed by atoms with E-state index >= 15 is 0 Å². The van der Waals surface area contributed by atoms with Crippen molar-refractivity contribution in [1.29, 1.82) is 0 Å². The molecule has 2 rings (SSSR count). The van der Waals surface area contributed by atoms with Gasteiger partial charge in [0.1, 0.15) is 0 Å². The van der Waals surface area contributed by atoms with Crippen LogP contribution in [0.5, 0.6) is 0 Å². The lowest BCUT2D eigenvalue weighted by Gasteiger charge is -2.14. The van der Waals surface area contributed by atoms with Crippen LogP contribution >= 0.6 is 0 Å². The maximum absolute atomic E-state index is 12.9. The summed E-state index contributed by atoms with van der Waals surface area (Å²) in [7, 11) is 0. The average molecular weight is 328 g/mol. The summed E-state index contributed by atoms with van der Waals surface area (Å²) in [5, 5.41) is 21.8. The van der Waals surface area contributed by atoms with Crippen molar-refractivity contribution < 1.29 is 14.6 Å². The molecule has 0 aliphatic carbocycles. The lowest BCUT2D eigenvalue weighted by atomic mass is 9.89. The van der Waals surface area contributed by atoms with E-state index in [-0.39, 0.29) is 16.8 Å². The number of carbonyl (C=O) groups is 1. The first kappa shape index (κ1) is 17.3. The Hall–Kier alpha value is -3.09. The minimum absolute atomic E-state index is 0.139. The van der Waals surface area contributed by atoms with Gasteiger partial charge in [0.2, 0.25) is 6.54 Å². The molecule has 0 radical (unpaired) electrons. The summed E-state index contributed by atoms with van der Waals surface area (Å²) >= 11 is 0. The molecule has 2 aromatic rings. The van der Waals surface area contributed by atoms with Crippen molar-refractivity contribution in [3.63, 3.8) is 0 Å². The Kier molecular flexibility index (Phi) is 4.73. The minimum Gasteiger partial charge on any atom is -0.289 e. The predicted molar refractivity (Wildman–Crippen MR) is 87.9 cm³/mol. The van der Waals surface area contributed by atoms with Crippen molar-refractivity contribution in [1.82, 2.24) is 0 Å². The number of non-ortho nitro benzene ring substituents is 1. The molecule has 7 nitrogen and oxygen atoms in total. The first-order valence-electron chi connectivity index (χ1n) is 7.23. The molecule has 0 atom stereocenters. The van der Waals surface area contributed by atoms with Crippen molar-refractivity contribution >= 4 is 11.5 Å². The molecule has 7 heteroatoms. The quantitative estimate of drug-likeness (QED) is 0.474. The van der Waals surface area contributed by atoms with E-state index in [1.807, 2.05) is 13.8 Å². The highest BCUT2D eigenvalue weighted by Crippen LogP contribution is 2.26. The van der Waals surface area contributed by atoms with Gasteiger partial charge in [0, 0.05) is 33.7 Å². The Balaban J connectivity index is 2.64. The fourth-order valence-corrected chi connectivity index (χ4v) is 2.65. The maximum atomic E-state index is 12.9. The predicted octanol–water partition coefficient (Wildman–Crippen LogP) is 3.53. The van der Waals surface area contributed by atoms with Gasteiger partial charge in [-0.1, -0.05) is 12.1 Å². The van der Waals surface area contributed by atoms with Crippen molar-refractivity contribution in [3.05, 3.63) is 83.9 Å². The maximum Gasteiger partial charge on any atom is 0.270 e.